The molecule has 1 aromatic heterocycles. The fraction of sp³-hybridized carbons (Fsp3) is 0.267. The number of hydrogen-bond donors (Lipinski definition) is 1. The lowest BCUT2D eigenvalue weighted by atomic mass is 10.1. The van der Waals surface area contributed by atoms with Crippen molar-refractivity contribution in [1.29, 1.82) is 0 Å². The van der Waals surface area contributed by atoms with Crippen LogP contribution in [0.25, 0.3) is 10.8 Å². The number of fused-ring (bicyclic) bond motifs is 1. The maximum absolute atomic E-state index is 5.22. The van der Waals surface area contributed by atoms with Crippen molar-refractivity contribution < 1.29 is 4.74 Å². The summed E-state index contributed by atoms with van der Waals surface area (Å²) in [6.45, 7) is 4.96. The second-order valence-electron chi connectivity index (χ2n) is 4.41. The Kier molecular flexibility index (Phi) is 3.82. The van der Waals surface area contributed by atoms with Gasteiger partial charge in [0.2, 0.25) is 0 Å². The first-order valence-corrected chi connectivity index (χ1v) is 6.00. The van der Waals surface area contributed by atoms with Gasteiger partial charge in [-0.15, -0.1) is 0 Å². The van der Waals surface area contributed by atoms with Crippen LogP contribution in [0.5, 0.6) is 5.75 Å². The van der Waals surface area contributed by atoms with Crippen LogP contribution in [0.3, 0.4) is 0 Å². The van der Waals surface area contributed by atoms with Crippen LogP contribution < -0.4 is 10.1 Å². The molecule has 0 bridgehead atoms. The van der Waals surface area contributed by atoms with E-state index < -0.39 is 0 Å². The van der Waals surface area contributed by atoms with Crippen LogP contribution in [-0.4, -0.2) is 18.6 Å². The van der Waals surface area contributed by atoms with Gasteiger partial charge in [0.1, 0.15) is 11.6 Å². The number of hydrogen-bond acceptors (Lipinski definition) is 3. The SMILES string of the molecule is COc1ccc2c(NCC=C(C)C)nccc2c1. The molecular weight excluding hydrogens is 224 g/mol. The van der Waals surface area contributed by atoms with E-state index in [-0.39, 0.29) is 0 Å². The van der Waals surface area contributed by atoms with Crippen LogP contribution in [0.4, 0.5) is 5.82 Å². The highest BCUT2D eigenvalue weighted by molar-refractivity contribution is 5.92. The van der Waals surface area contributed by atoms with Gasteiger partial charge >= 0.3 is 0 Å². The van der Waals surface area contributed by atoms with E-state index in [4.69, 9.17) is 4.74 Å². The average molecular weight is 242 g/mol. The molecule has 1 N–H and O–H groups in total. The third kappa shape index (κ3) is 2.80. The number of pyridine rings is 1. The molecular formula is C15H18N2O. The number of benzene rings is 1. The van der Waals surface area contributed by atoms with Gasteiger partial charge in [0.15, 0.2) is 0 Å². The summed E-state index contributed by atoms with van der Waals surface area (Å²) in [7, 11) is 1.68. The van der Waals surface area contributed by atoms with Crippen LogP contribution in [0.1, 0.15) is 13.8 Å². The van der Waals surface area contributed by atoms with Gasteiger partial charge in [0, 0.05) is 18.1 Å². The van der Waals surface area contributed by atoms with E-state index in [2.05, 4.69) is 30.2 Å². The summed E-state index contributed by atoms with van der Waals surface area (Å²) in [5.74, 6) is 1.77. The molecule has 0 saturated carbocycles. The molecule has 3 heteroatoms. The Balaban J connectivity index is 2.31. The van der Waals surface area contributed by atoms with E-state index in [1.165, 1.54) is 5.57 Å². The Bertz CT molecular complexity index is 572. The van der Waals surface area contributed by atoms with Crippen LogP contribution in [0.15, 0.2) is 42.1 Å². The van der Waals surface area contributed by atoms with Crippen molar-refractivity contribution in [2.45, 2.75) is 13.8 Å². The highest BCUT2D eigenvalue weighted by Crippen LogP contribution is 2.25. The summed E-state index contributed by atoms with van der Waals surface area (Å²) in [6, 6.07) is 8.00. The number of rotatable bonds is 4. The fourth-order valence-corrected chi connectivity index (χ4v) is 1.78. The molecule has 18 heavy (non-hydrogen) atoms. The van der Waals surface area contributed by atoms with Crippen LogP contribution in [-0.2, 0) is 0 Å². The van der Waals surface area contributed by atoms with Crippen LogP contribution in [0.2, 0.25) is 0 Å². The van der Waals surface area contributed by atoms with Gasteiger partial charge in [-0.3, -0.25) is 0 Å². The minimum atomic E-state index is 0.792. The summed E-state index contributed by atoms with van der Waals surface area (Å²) < 4.78 is 5.22. The minimum Gasteiger partial charge on any atom is -0.497 e. The number of allylic oxidation sites excluding steroid dienone is 1. The molecule has 1 aromatic carbocycles. The van der Waals surface area contributed by atoms with E-state index in [0.717, 1.165) is 28.9 Å². The second-order valence-corrected chi connectivity index (χ2v) is 4.41. The summed E-state index contributed by atoms with van der Waals surface area (Å²) in [5, 5.41) is 5.57. The zero-order valence-electron chi connectivity index (χ0n) is 11.0. The summed E-state index contributed by atoms with van der Waals surface area (Å²) >= 11 is 0. The first-order valence-electron chi connectivity index (χ1n) is 6.00. The Hall–Kier alpha value is -2.03. The summed E-state index contributed by atoms with van der Waals surface area (Å²) in [5.41, 5.74) is 1.30. The van der Waals surface area contributed by atoms with Crippen molar-refractivity contribution in [3.63, 3.8) is 0 Å². The largest absolute Gasteiger partial charge is 0.497 e. The molecule has 0 aliphatic carbocycles. The zero-order valence-corrected chi connectivity index (χ0v) is 11.0. The minimum absolute atomic E-state index is 0.792. The van der Waals surface area contributed by atoms with Gasteiger partial charge in [-0.25, -0.2) is 4.98 Å². The van der Waals surface area contributed by atoms with Crippen molar-refractivity contribution in [3.8, 4) is 5.75 Å². The molecule has 94 valence electrons. The topological polar surface area (TPSA) is 34.1 Å². The molecule has 0 unspecified atom stereocenters. The molecule has 0 radical (unpaired) electrons. The quantitative estimate of drug-likeness (QED) is 0.831. The van der Waals surface area contributed by atoms with Crippen LogP contribution in [0, 0.1) is 0 Å². The van der Waals surface area contributed by atoms with Gasteiger partial charge in [-0.1, -0.05) is 11.6 Å². The maximum Gasteiger partial charge on any atom is 0.134 e. The first-order chi connectivity index (χ1) is 8.70. The normalized spacial score (nSPS) is 10.2. The van der Waals surface area contributed by atoms with E-state index in [0.29, 0.717) is 0 Å². The molecule has 0 atom stereocenters. The summed E-state index contributed by atoms with van der Waals surface area (Å²) in [6.07, 6.45) is 3.96. The van der Waals surface area contributed by atoms with Gasteiger partial charge in [0.25, 0.3) is 0 Å². The molecule has 2 aromatic rings. The molecule has 3 nitrogen and oxygen atoms in total. The standard InChI is InChI=1S/C15H18N2O/c1-11(2)6-8-16-15-14-5-4-13(18-3)10-12(14)7-9-17-15/h4-7,9-10H,8H2,1-3H3,(H,16,17). The lowest BCUT2D eigenvalue weighted by molar-refractivity contribution is 0.415. The van der Waals surface area contributed by atoms with E-state index >= 15 is 0 Å². The number of nitrogens with one attached hydrogen (secondary N) is 1. The number of aromatic nitrogens is 1. The Labute approximate surface area is 107 Å². The lowest BCUT2D eigenvalue weighted by Crippen LogP contribution is -2.01. The summed E-state index contributed by atoms with van der Waals surface area (Å²) in [4.78, 5) is 4.38. The van der Waals surface area contributed by atoms with Crippen molar-refractivity contribution in [2.24, 2.45) is 0 Å². The lowest BCUT2D eigenvalue weighted by Gasteiger charge is -2.08. The molecule has 0 aliphatic heterocycles. The number of ether oxygens (including phenoxy) is 1. The Morgan fingerprint density at radius 2 is 2.17 bits per heavy atom. The highest BCUT2D eigenvalue weighted by Gasteiger charge is 2.02. The average Bonchev–Trinajstić information content (AvgIpc) is 2.38. The Morgan fingerprint density at radius 3 is 2.89 bits per heavy atom. The molecule has 2 rings (SSSR count). The predicted molar refractivity (Wildman–Crippen MR) is 76.2 cm³/mol. The molecule has 0 fully saturated rings. The third-order valence-electron chi connectivity index (χ3n) is 2.75. The van der Waals surface area contributed by atoms with Crippen molar-refractivity contribution in [2.75, 3.05) is 19.0 Å². The smallest absolute Gasteiger partial charge is 0.134 e. The Morgan fingerprint density at radius 1 is 1.33 bits per heavy atom. The number of anilines is 1. The molecule has 0 aliphatic rings. The van der Waals surface area contributed by atoms with Gasteiger partial charge < -0.3 is 10.1 Å². The number of nitrogens with zero attached hydrogens (tertiary/aromatic N) is 1. The molecule has 0 amide bonds. The van der Waals surface area contributed by atoms with E-state index in [1.807, 2.05) is 30.5 Å². The van der Waals surface area contributed by atoms with Gasteiger partial charge in [0.05, 0.1) is 7.11 Å². The van der Waals surface area contributed by atoms with Gasteiger partial charge in [-0.2, -0.15) is 0 Å². The maximum atomic E-state index is 5.22. The monoisotopic (exact) mass is 242 g/mol. The predicted octanol–water partition coefficient (Wildman–Crippen LogP) is 3.62. The van der Waals surface area contributed by atoms with Gasteiger partial charge in [-0.05, 0) is 43.5 Å². The van der Waals surface area contributed by atoms with E-state index in [1.54, 1.807) is 7.11 Å². The van der Waals surface area contributed by atoms with E-state index in [9.17, 15) is 0 Å². The first kappa shape index (κ1) is 12.4. The van der Waals surface area contributed by atoms with Crippen LogP contribution >= 0.6 is 0 Å². The number of methoxy groups -OCH3 is 1. The van der Waals surface area contributed by atoms with Crippen molar-refractivity contribution in [3.05, 3.63) is 42.1 Å². The third-order valence-corrected chi connectivity index (χ3v) is 2.75. The fourth-order valence-electron chi connectivity index (χ4n) is 1.78. The second kappa shape index (κ2) is 5.54. The highest BCUT2D eigenvalue weighted by atomic mass is 16.5. The zero-order chi connectivity index (χ0) is 13.0. The molecule has 1 heterocycles. The molecule has 0 spiro atoms. The van der Waals surface area contributed by atoms with Crippen molar-refractivity contribution >= 4 is 16.6 Å². The molecule has 0 saturated heterocycles. The van der Waals surface area contributed by atoms with Crippen molar-refractivity contribution in [1.82, 2.24) is 4.98 Å².